The summed E-state index contributed by atoms with van der Waals surface area (Å²) in [5.41, 5.74) is 2.68. The van der Waals surface area contributed by atoms with Crippen molar-refractivity contribution < 1.29 is 4.52 Å². The molecule has 0 unspecified atom stereocenters. The van der Waals surface area contributed by atoms with E-state index in [2.05, 4.69) is 20.1 Å². The maximum Gasteiger partial charge on any atom is 0.259 e. The standard InChI is InChI=1S/C13H9N5O/c1-8-3-2-4-11(16-8)12-17-13(19-18-12)9-5-10(6-14)15-7-9/h2-5,7,15H,1H3. The minimum atomic E-state index is 0.357. The normalized spacial score (nSPS) is 10.3. The van der Waals surface area contributed by atoms with Gasteiger partial charge in [0, 0.05) is 11.9 Å². The Bertz CT molecular complexity index is 765. The van der Waals surface area contributed by atoms with Gasteiger partial charge in [0.15, 0.2) is 0 Å². The number of hydrogen-bond donors (Lipinski definition) is 1. The number of rotatable bonds is 2. The zero-order valence-corrected chi connectivity index (χ0v) is 10.1. The van der Waals surface area contributed by atoms with E-state index in [0.29, 0.717) is 28.7 Å². The van der Waals surface area contributed by atoms with Crippen LogP contribution in [0.3, 0.4) is 0 Å². The molecule has 0 atom stereocenters. The Labute approximate surface area is 108 Å². The molecule has 0 aromatic carbocycles. The molecule has 0 fully saturated rings. The van der Waals surface area contributed by atoms with Crippen molar-refractivity contribution in [2.24, 2.45) is 0 Å². The largest absolute Gasteiger partial charge is 0.352 e. The van der Waals surface area contributed by atoms with E-state index < -0.39 is 0 Å². The van der Waals surface area contributed by atoms with Crippen molar-refractivity contribution in [1.82, 2.24) is 20.1 Å². The predicted octanol–water partition coefficient (Wildman–Crippen LogP) is 2.31. The van der Waals surface area contributed by atoms with Gasteiger partial charge in [-0.15, -0.1) is 0 Å². The molecule has 19 heavy (non-hydrogen) atoms. The molecule has 92 valence electrons. The van der Waals surface area contributed by atoms with E-state index in [9.17, 15) is 0 Å². The second-order valence-corrected chi connectivity index (χ2v) is 4.00. The number of nitriles is 1. The Morgan fingerprint density at radius 3 is 2.95 bits per heavy atom. The Morgan fingerprint density at radius 1 is 1.32 bits per heavy atom. The van der Waals surface area contributed by atoms with Crippen LogP contribution in [0.15, 0.2) is 35.0 Å². The first-order valence-electron chi connectivity index (χ1n) is 5.63. The smallest absolute Gasteiger partial charge is 0.259 e. The van der Waals surface area contributed by atoms with E-state index >= 15 is 0 Å². The van der Waals surface area contributed by atoms with E-state index in [1.807, 2.05) is 31.2 Å². The van der Waals surface area contributed by atoms with Crippen molar-refractivity contribution in [3.05, 3.63) is 41.9 Å². The maximum atomic E-state index is 8.75. The second kappa shape index (κ2) is 4.38. The first-order valence-corrected chi connectivity index (χ1v) is 5.63. The first kappa shape index (κ1) is 11.2. The molecule has 0 aliphatic rings. The number of pyridine rings is 1. The zero-order valence-electron chi connectivity index (χ0n) is 10.1. The van der Waals surface area contributed by atoms with E-state index in [1.54, 1.807) is 12.3 Å². The van der Waals surface area contributed by atoms with Gasteiger partial charge in [-0.05, 0) is 25.1 Å². The lowest BCUT2D eigenvalue weighted by Gasteiger charge is -1.94. The SMILES string of the molecule is Cc1cccc(-c2noc(-c3c[nH]c(C#N)c3)n2)n1. The molecule has 0 bridgehead atoms. The lowest BCUT2D eigenvalue weighted by Crippen LogP contribution is -1.87. The van der Waals surface area contributed by atoms with Gasteiger partial charge in [0.25, 0.3) is 5.89 Å². The van der Waals surface area contributed by atoms with Crippen LogP contribution in [0, 0.1) is 18.3 Å². The van der Waals surface area contributed by atoms with Crippen LogP contribution in [0.2, 0.25) is 0 Å². The van der Waals surface area contributed by atoms with E-state index in [4.69, 9.17) is 9.78 Å². The van der Waals surface area contributed by atoms with Crippen molar-refractivity contribution in [3.8, 4) is 29.0 Å². The van der Waals surface area contributed by atoms with E-state index in [0.717, 1.165) is 5.69 Å². The van der Waals surface area contributed by atoms with Crippen LogP contribution in [0.5, 0.6) is 0 Å². The summed E-state index contributed by atoms with van der Waals surface area (Å²) in [6.07, 6.45) is 1.65. The minimum absolute atomic E-state index is 0.357. The summed E-state index contributed by atoms with van der Waals surface area (Å²) in [6, 6.07) is 9.26. The molecule has 0 aliphatic heterocycles. The maximum absolute atomic E-state index is 8.75. The van der Waals surface area contributed by atoms with Crippen LogP contribution in [0.1, 0.15) is 11.4 Å². The third kappa shape index (κ3) is 2.09. The number of nitrogens with zero attached hydrogens (tertiary/aromatic N) is 4. The third-order valence-corrected chi connectivity index (χ3v) is 2.59. The van der Waals surface area contributed by atoms with Gasteiger partial charge >= 0.3 is 0 Å². The molecule has 0 radical (unpaired) electrons. The second-order valence-electron chi connectivity index (χ2n) is 4.00. The highest BCUT2D eigenvalue weighted by atomic mass is 16.5. The molecule has 0 aliphatic carbocycles. The summed E-state index contributed by atoms with van der Waals surface area (Å²) in [6.45, 7) is 1.90. The summed E-state index contributed by atoms with van der Waals surface area (Å²) in [5.74, 6) is 0.787. The van der Waals surface area contributed by atoms with Gasteiger partial charge in [-0.3, -0.25) is 0 Å². The average molecular weight is 251 g/mol. The van der Waals surface area contributed by atoms with Gasteiger partial charge in [-0.2, -0.15) is 10.2 Å². The quantitative estimate of drug-likeness (QED) is 0.754. The van der Waals surface area contributed by atoms with Crippen LogP contribution < -0.4 is 0 Å². The van der Waals surface area contributed by atoms with Crippen LogP contribution in [0.4, 0.5) is 0 Å². The molecule has 0 saturated carbocycles. The fraction of sp³-hybridized carbons (Fsp3) is 0.0769. The summed E-state index contributed by atoms with van der Waals surface area (Å²) in [5, 5.41) is 12.6. The molecular weight excluding hydrogens is 242 g/mol. The van der Waals surface area contributed by atoms with Gasteiger partial charge in [-0.1, -0.05) is 11.2 Å². The molecule has 1 N–H and O–H groups in total. The Balaban J connectivity index is 1.97. The van der Waals surface area contributed by atoms with E-state index in [1.165, 1.54) is 0 Å². The number of hydrogen-bond acceptors (Lipinski definition) is 5. The molecule has 6 heteroatoms. The summed E-state index contributed by atoms with van der Waals surface area (Å²) >= 11 is 0. The van der Waals surface area contributed by atoms with Crippen molar-refractivity contribution in [3.63, 3.8) is 0 Å². The number of aromatic nitrogens is 4. The van der Waals surface area contributed by atoms with Crippen LogP contribution >= 0.6 is 0 Å². The van der Waals surface area contributed by atoms with Gasteiger partial charge in [0.05, 0.1) is 5.56 Å². The number of aryl methyl sites for hydroxylation is 1. The van der Waals surface area contributed by atoms with Gasteiger partial charge < -0.3 is 9.51 Å². The molecule has 6 nitrogen and oxygen atoms in total. The lowest BCUT2D eigenvalue weighted by molar-refractivity contribution is 0.432. The first-order chi connectivity index (χ1) is 9.26. The highest BCUT2D eigenvalue weighted by molar-refractivity contribution is 5.58. The fourth-order valence-electron chi connectivity index (χ4n) is 1.69. The van der Waals surface area contributed by atoms with Crippen LogP contribution in [-0.4, -0.2) is 20.1 Å². The van der Waals surface area contributed by atoms with Crippen molar-refractivity contribution in [1.29, 1.82) is 5.26 Å². The molecule has 0 saturated heterocycles. The Kier molecular flexibility index (Phi) is 2.58. The van der Waals surface area contributed by atoms with E-state index in [-0.39, 0.29) is 0 Å². The van der Waals surface area contributed by atoms with Gasteiger partial charge in [0.2, 0.25) is 5.82 Å². The summed E-state index contributed by atoms with van der Waals surface area (Å²) < 4.78 is 5.17. The number of H-pyrrole nitrogens is 1. The predicted molar refractivity (Wildman–Crippen MR) is 66.8 cm³/mol. The summed E-state index contributed by atoms with van der Waals surface area (Å²) in [4.78, 5) is 11.4. The molecule has 3 aromatic rings. The highest BCUT2D eigenvalue weighted by Gasteiger charge is 2.12. The molecule has 0 amide bonds. The molecular formula is C13H9N5O. The monoisotopic (exact) mass is 251 g/mol. The lowest BCUT2D eigenvalue weighted by atomic mass is 10.3. The molecule has 0 spiro atoms. The third-order valence-electron chi connectivity index (χ3n) is 2.59. The van der Waals surface area contributed by atoms with Gasteiger partial charge in [-0.25, -0.2) is 4.98 Å². The fourth-order valence-corrected chi connectivity index (χ4v) is 1.69. The number of aromatic amines is 1. The number of nitrogens with one attached hydrogen (secondary N) is 1. The van der Waals surface area contributed by atoms with Crippen LogP contribution in [-0.2, 0) is 0 Å². The molecule has 3 aromatic heterocycles. The molecule has 3 rings (SSSR count). The Hall–Kier alpha value is -2.94. The summed E-state index contributed by atoms with van der Waals surface area (Å²) in [7, 11) is 0. The van der Waals surface area contributed by atoms with Gasteiger partial charge in [0.1, 0.15) is 17.5 Å². The average Bonchev–Trinajstić information content (AvgIpc) is 3.07. The Morgan fingerprint density at radius 2 is 2.21 bits per heavy atom. The van der Waals surface area contributed by atoms with Crippen molar-refractivity contribution in [2.75, 3.05) is 0 Å². The van der Waals surface area contributed by atoms with Crippen molar-refractivity contribution in [2.45, 2.75) is 6.92 Å². The van der Waals surface area contributed by atoms with Crippen LogP contribution in [0.25, 0.3) is 23.0 Å². The topological polar surface area (TPSA) is 91.4 Å². The minimum Gasteiger partial charge on any atom is -0.352 e. The zero-order chi connectivity index (χ0) is 13.2. The van der Waals surface area contributed by atoms with Crippen molar-refractivity contribution >= 4 is 0 Å². The molecule has 3 heterocycles. The highest BCUT2D eigenvalue weighted by Crippen LogP contribution is 2.21.